The first-order chi connectivity index (χ1) is 9.04. The largest absolute Gasteiger partial charge is 0.469 e. The molecule has 0 radical (unpaired) electrons. The van der Waals surface area contributed by atoms with E-state index in [-0.39, 0.29) is 17.8 Å². The maximum Gasteiger partial charge on any atom is 0.310 e. The van der Waals surface area contributed by atoms with E-state index in [4.69, 9.17) is 4.74 Å². The predicted molar refractivity (Wildman–Crippen MR) is 74.9 cm³/mol. The molecule has 102 valence electrons. The number of nitrogens with zero attached hydrogens (tertiary/aromatic N) is 1. The summed E-state index contributed by atoms with van der Waals surface area (Å²) >= 11 is 3.42. The highest BCUT2D eigenvalue weighted by molar-refractivity contribution is 9.10. The second kappa shape index (κ2) is 5.74. The van der Waals surface area contributed by atoms with Crippen LogP contribution in [0.1, 0.15) is 22.3 Å². The van der Waals surface area contributed by atoms with E-state index in [2.05, 4.69) is 15.9 Å². The van der Waals surface area contributed by atoms with Gasteiger partial charge in [0.05, 0.1) is 13.0 Å². The highest BCUT2D eigenvalue weighted by atomic mass is 79.9. The third-order valence-electron chi connectivity index (χ3n) is 3.51. The Morgan fingerprint density at radius 1 is 1.42 bits per heavy atom. The van der Waals surface area contributed by atoms with Crippen molar-refractivity contribution in [1.82, 2.24) is 4.90 Å². The van der Waals surface area contributed by atoms with Crippen molar-refractivity contribution in [3.8, 4) is 0 Å². The molecule has 0 saturated carbocycles. The molecule has 0 aromatic heterocycles. The summed E-state index contributed by atoms with van der Waals surface area (Å²) in [6.07, 6.45) is 0.672. The number of hydrogen-bond donors (Lipinski definition) is 0. The zero-order chi connectivity index (χ0) is 14.0. The van der Waals surface area contributed by atoms with Gasteiger partial charge in [0.2, 0.25) is 0 Å². The van der Waals surface area contributed by atoms with Crippen LogP contribution in [0, 0.1) is 12.8 Å². The molecule has 0 aliphatic carbocycles. The molecule has 1 heterocycles. The Morgan fingerprint density at radius 3 is 2.84 bits per heavy atom. The van der Waals surface area contributed by atoms with Crippen molar-refractivity contribution in [2.75, 3.05) is 20.2 Å². The minimum absolute atomic E-state index is 0.0230. The molecule has 1 fully saturated rings. The maximum absolute atomic E-state index is 12.4. The average Bonchev–Trinajstić information content (AvgIpc) is 2.90. The van der Waals surface area contributed by atoms with E-state index in [1.807, 2.05) is 25.1 Å². The fourth-order valence-electron chi connectivity index (χ4n) is 2.31. The van der Waals surface area contributed by atoms with Crippen LogP contribution in [0.25, 0.3) is 0 Å². The first-order valence-corrected chi connectivity index (χ1v) is 6.96. The lowest BCUT2D eigenvalue weighted by Crippen LogP contribution is -2.30. The lowest BCUT2D eigenvalue weighted by Gasteiger charge is -2.17. The molecular formula is C14H16BrNO3. The van der Waals surface area contributed by atoms with Gasteiger partial charge in [-0.1, -0.05) is 22.0 Å². The minimum atomic E-state index is -0.235. The molecule has 0 N–H and O–H groups in total. The number of esters is 1. The molecule has 2 rings (SSSR count). The molecule has 1 aliphatic heterocycles. The first kappa shape index (κ1) is 14.1. The van der Waals surface area contributed by atoms with Crippen molar-refractivity contribution < 1.29 is 14.3 Å². The molecule has 1 unspecified atom stereocenters. The van der Waals surface area contributed by atoms with Crippen molar-refractivity contribution in [2.45, 2.75) is 13.3 Å². The van der Waals surface area contributed by atoms with E-state index < -0.39 is 0 Å². The van der Waals surface area contributed by atoms with E-state index >= 15 is 0 Å². The van der Waals surface area contributed by atoms with Gasteiger partial charge in [-0.05, 0) is 31.0 Å². The Morgan fingerprint density at radius 2 is 2.16 bits per heavy atom. The van der Waals surface area contributed by atoms with Crippen molar-refractivity contribution in [3.63, 3.8) is 0 Å². The zero-order valence-electron chi connectivity index (χ0n) is 11.0. The van der Waals surface area contributed by atoms with Gasteiger partial charge in [-0.3, -0.25) is 9.59 Å². The van der Waals surface area contributed by atoms with Crippen LogP contribution in [0.2, 0.25) is 0 Å². The lowest BCUT2D eigenvalue weighted by atomic mass is 10.1. The number of amides is 1. The molecule has 5 heteroatoms. The summed E-state index contributed by atoms with van der Waals surface area (Å²) < 4.78 is 5.64. The van der Waals surface area contributed by atoms with Crippen LogP contribution in [0.15, 0.2) is 22.7 Å². The number of benzene rings is 1. The summed E-state index contributed by atoms with van der Waals surface area (Å²) in [6.45, 7) is 2.95. The molecule has 0 bridgehead atoms. The van der Waals surface area contributed by atoms with Crippen LogP contribution in [-0.2, 0) is 9.53 Å². The van der Waals surface area contributed by atoms with Gasteiger partial charge in [0.25, 0.3) is 5.91 Å². The normalized spacial score (nSPS) is 18.5. The second-order valence-corrected chi connectivity index (χ2v) is 5.53. The highest BCUT2D eigenvalue weighted by Gasteiger charge is 2.32. The van der Waals surface area contributed by atoms with Crippen LogP contribution in [0.4, 0.5) is 0 Å². The SMILES string of the molecule is COC(=O)C1CCN(C(=O)c2cccc(Br)c2C)C1. The average molecular weight is 326 g/mol. The summed E-state index contributed by atoms with van der Waals surface area (Å²) in [5.74, 6) is -0.451. The standard InChI is InChI=1S/C14H16BrNO3/c1-9-11(4-3-5-12(9)15)13(17)16-7-6-10(8-16)14(18)19-2/h3-5,10H,6-8H2,1-2H3. The van der Waals surface area contributed by atoms with Crippen molar-refractivity contribution >= 4 is 27.8 Å². The Hall–Kier alpha value is -1.36. The van der Waals surface area contributed by atoms with E-state index in [1.165, 1.54) is 7.11 Å². The van der Waals surface area contributed by atoms with Crippen LogP contribution in [0.3, 0.4) is 0 Å². The maximum atomic E-state index is 12.4. The summed E-state index contributed by atoms with van der Waals surface area (Å²) in [4.78, 5) is 25.6. The number of rotatable bonds is 2. The van der Waals surface area contributed by atoms with Gasteiger partial charge < -0.3 is 9.64 Å². The summed E-state index contributed by atoms with van der Waals surface area (Å²) in [5, 5.41) is 0. The Balaban J connectivity index is 2.14. The number of halogens is 1. The van der Waals surface area contributed by atoms with Gasteiger partial charge in [-0.15, -0.1) is 0 Å². The molecule has 19 heavy (non-hydrogen) atoms. The number of methoxy groups -OCH3 is 1. The number of likely N-dealkylation sites (tertiary alicyclic amines) is 1. The fraction of sp³-hybridized carbons (Fsp3) is 0.429. The van der Waals surface area contributed by atoms with Crippen molar-refractivity contribution in [3.05, 3.63) is 33.8 Å². The third kappa shape index (κ3) is 2.81. The first-order valence-electron chi connectivity index (χ1n) is 6.16. The highest BCUT2D eigenvalue weighted by Crippen LogP contribution is 2.24. The predicted octanol–water partition coefficient (Wildman–Crippen LogP) is 2.39. The Kier molecular flexibility index (Phi) is 4.24. The topological polar surface area (TPSA) is 46.6 Å². The molecule has 0 spiro atoms. The van der Waals surface area contributed by atoms with Crippen molar-refractivity contribution in [1.29, 1.82) is 0 Å². The lowest BCUT2D eigenvalue weighted by molar-refractivity contribution is -0.144. The van der Waals surface area contributed by atoms with E-state index in [1.54, 1.807) is 4.90 Å². The minimum Gasteiger partial charge on any atom is -0.469 e. The van der Waals surface area contributed by atoms with Crippen LogP contribution >= 0.6 is 15.9 Å². The van der Waals surface area contributed by atoms with Gasteiger partial charge in [0, 0.05) is 23.1 Å². The monoisotopic (exact) mass is 325 g/mol. The molecule has 1 saturated heterocycles. The smallest absolute Gasteiger partial charge is 0.310 e. The van der Waals surface area contributed by atoms with Gasteiger partial charge in [-0.2, -0.15) is 0 Å². The van der Waals surface area contributed by atoms with E-state index in [9.17, 15) is 9.59 Å². The van der Waals surface area contributed by atoms with Gasteiger partial charge in [0.15, 0.2) is 0 Å². The summed E-state index contributed by atoms with van der Waals surface area (Å²) in [7, 11) is 1.38. The molecule has 1 aliphatic rings. The quantitative estimate of drug-likeness (QED) is 0.784. The molecule has 1 amide bonds. The molecule has 1 aromatic carbocycles. The Labute approximate surface area is 120 Å². The van der Waals surface area contributed by atoms with Crippen LogP contribution in [-0.4, -0.2) is 37.0 Å². The van der Waals surface area contributed by atoms with Gasteiger partial charge in [-0.25, -0.2) is 0 Å². The molecular weight excluding hydrogens is 310 g/mol. The fourth-order valence-corrected chi connectivity index (χ4v) is 2.68. The van der Waals surface area contributed by atoms with Crippen LogP contribution < -0.4 is 0 Å². The Bertz CT molecular complexity index is 515. The number of carbonyl (C=O) groups is 2. The molecule has 1 aromatic rings. The zero-order valence-corrected chi connectivity index (χ0v) is 12.6. The van der Waals surface area contributed by atoms with E-state index in [0.717, 1.165) is 10.0 Å². The van der Waals surface area contributed by atoms with Gasteiger partial charge >= 0.3 is 5.97 Å². The van der Waals surface area contributed by atoms with Crippen molar-refractivity contribution in [2.24, 2.45) is 5.92 Å². The number of carbonyl (C=O) groups excluding carboxylic acids is 2. The summed E-state index contributed by atoms with van der Waals surface area (Å²) in [5.41, 5.74) is 1.61. The summed E-state index contributed by atoms with van der Waals surface area (Å²) in [6, 6.07) is 5.57. The second-order valence-electron chi connectivity index (χ2n) is 4.67. The molecule has 1 atom stereocenters. The third-order valence-corrected chi connectivity index (χ3v) is 4.37. The number of hydrogen-bond acceptors (Lipinski definition) is 3. The van der Waals surface area contributed by atoms with Crippen LogP contribution in [0.5, 0.6) is 0 Å². The number of ether oxygens (including phenoxy) is 1. The van der Waals surface area contributed by atoms with E-state index in [0.29, 0.717) is 25.1 Å². The molecule has 4 nitrogen and oxygen atoms in total. The van der Waals surface area contributed by atoms with Gasteiger partial charge in [0.1, 0.15) is 0 Å².